The Labute approximate surface area is 177 Å². The Morgan fingerprint density at radius 3 is 2.50 bits per heavy atom. The number of halogens is 2. The van der Waals surface area contributed by atoms with Gasteiger partial charge in [0.1, 0.15) is 12.4 Å². The van der Waals surface area contributed by atoms with Gasteiger partial charge in [0.15, 0.2) is 0 Å². The molecule has 1 N–H and O–H groups in total. The first-order valence-corrected chi connectivity index (χ1v) is 10.00. The number of piperidine rings is 1. The molecule has 0 radical (unpaired) electrons. The second kappa shape index (κ2) is 9.17. The van der Waals surface area contributed by atoms with Gasteiger partial charge in [-0.2, -0.15) is 0 Å². The fourth-order valence-corrected chi connectivity index (χ4v) is 4.31. The van der Waals surface area contributed by atoms with Crippen molar-refractivity contribution in [1.82, 2.24) is 10.2 Å². The number of carbonyl (C=O) groups is 1. The minimum Gasteiger partial charge on any atom is -0.488 e. The first-order chi connectivity index (χ1) is 13.2. The highest BCUT2D eigenvalue weighted by molar-refractivity contribution is 6.31. The molecule has 150 valence electrons. The van der Waals surface area contributed by atoms with Crippen LogP contribution in [0.2, 0.25) is 5.02 Å². The Kier molecular flexibility index (Phi) is 6.86. The van der Waals surface area contributed by atoms with Crippen molar-refractivity contribution >= 4 is 29.9 Å². The lowest BCUT2D eigenvalue weighted by Crippen LogP contribution is -2.44. The number of amides is 1. The first kappa shape index (κ1) is 21.0. The maximum atomic E-state index is 13.1. The molecular formula is C22H26Cl2N2O2. The molecule has 2 aromatic carbocycles. The topological polar surface area (TPSA) is 41.6 Å². The van der Waals surface area contributed by atoms with Crippen molar-refractivity contribution in [1.29, 1.82) is 0 Å². The summed E-state index contributed by atoms with van der Waals surface area (Å²) >= 11 is 6.21. The number of carbonyl (C=O) groups excluding carboxylic acids is 1. The molecule has 0 bridgehead atoms. The average Bonchev–Trinajstić information content (AvgIpc) is 3.16. The fourth-order valence-electron chi connectivity index (χ4n) is 4.12. The predicted molar refractivity (Wildman–Crippen MR) is 115 cm³/mol. The van der Waals surface area contributed by atoms with Crippen LogP contribution in [0.5, 0.6) is 5.75 Å². The van der Waals surface area contributed by atoms with Crippen molar-refractivity contribution in [2.75, 3.05) is 26.2 Å². The lowest BCUT2D eigenvalue weighted by molar-refractivity contribution is 0.0603. The van der Waals surface area contributed by atoms with Crippen molar-refractivity contribution in [3.05, 3.63) is 64.7 Å². The smallest absolute Gasteiger partial charge is 0.257 e. The van der Waals surface area contributed by atoms with Crippen LogP contribution in [0.4, 0.5) is 0 Å². The summed E-state index contributed by atoms with van der Waals surface area (Å²) in [4.78, 5) is 15.1. The maximum absolute atomic E-state index is 13.1. The normalized spacial score (nSPS) is 18.0. The molecule has 4 nitrogen and oxygen atoms in total. The Hall–Kier alpha value is -1.75. The van der Waals surface area contributed by atoms with Gasteiger partial charge >= 0.3 is 0 Å². The van der Waals surface area contributed by atoms with Gasteiger partial charge in [0.25, 0.3) is 5.91 Å². The zero-order valence-corrected chi connectivity index (χ0v) is 17.4. The molecule has 2 fully saturated rings. The van der Waals surface area contributed by atoms with E-state index in [4.69, 9.17) is 16.3 Å². The highest BCUT2D eigenvalue weighted by Gasteiger charge is 2.38. The highest BCUT2D eigenvalue weighted by Crippen LogP contribution is 2.37. The first-order valence-electron chi connectivity index (χ1n) is 9.62. The molecule has 0 atom stereocenters. The molecule has 2 aromatic rings. The predicted octanol–water partition coefficient (Wildman–Crippen LogP) is 4.56. The number of nitrogens with one attached hydrogen (secondary N) is 1. The maximum Gasteiger partial charge on any atom is 0.257 e. The molecule has 4 rings (SSSR count). The zero-order valence-electron chi connectivity index (χ0n) is 15.8. The minimum atomic E-state index is 0. The van der Waals surface area contributed by atoms with Gasteiger partial charge in [-0.25, -0.2) is 0 Å². The van der Waals surface area contributed by atoms with Gasteiger partial charge in [-0.3, -0.25) is 4.79 Å². The molecule has 0 unspecified atom stereocenters. The van der Waals surface area contributed by atoms with E-state index in [-0.39, 0.29) is 18.3 Å². The van der Waals surface area contributed by atoms with E-state index in [0.29, 0.717) is 28.4 Å². The van der Waals surface area contributed by atoms with Crippen molar-refractivity contribution in [3.63, 3.8) is 0 Å². The Morgan fingerprint density at radius 2 is 1.79 bits per heavy atom. The van der Waals surface area contributed by atoms with Crippen molar-refractivity contribution in [2.24, 2.45) is 5.41 Å². The Bertz CT molecular complexity index is 812. The standard InChI is InChI=1S/C22H25ClN2O2.ClH/c23-19-7-3-1-5-17(19)15-27-20-8-4-2-6-18(20)21(26)25-13-10-22(11-14-25)9-12-24-16-22;/h1-8,24H,9-16H2;1H. The van der Waals surface area contributed by atoms with Crippen LogP contribution in [-0.4, -0.2) is 37.0 Å². The van der Waals surface area contributed by atoms with Gasteiger partial charge < -0.3 is 15.0 Å². The molecule has 1 spiro atoms. The van der Waals surface area contributed by atoms with Crippen molar-refractivity contribution < 1.29 is 9.53 Å². The lowest BCUT2D eigenvalue weighted by Gasteiger charge is -2.39. The third-order valence-electron chi connectivity index (χ3n) is 5.90. The largest absolute Gasteiger partial charge is 0.488 e. The van der Waals surface area contributed by atoms with Crippen LogP contribution in [0.25, 0.3) is 0 Å². The number of hydrogen-bond acceptors (Lipinski definition) is 3. The van der Waals surface area contributed by atoms with Gasteiger partial charge in [-0.05, 0) is 49.4 Å². The summed E-state index contributed by atoms with van der Waals surface area (Å²) in [5.41, 5.74) is 1.94. The average molecular weight is 421 g/mol. The van der Waals surface area contributed by atoms with Crippen LogP contribution in [-0.2, 0) is 6.61 Å². The van der Waals surface area contributed by atoms with Gasteiger partial charge in [0.2, 0.25) is 0 Å². The third-order valence-corrected chi connectivity index (χ3v) is 6.27. The van der Waals surface area contributed by atoms with E-state index in [1.54, 1.807) is 0 Å². The summed E-state index contributed by atoms with van der Waals surface area (Å²) in [6, 6.07) is 15.1. The number of ether oxygens (including phenoxy) is 1. The Morgan fingerprint density at radius 1 is 1.07 bits per heavy atom. The summed E-state index contributed by atoms with van der Waals surface area (Å²) in [5, 5.41) is 4.14. The number of likely N-dealkylation sites (tertiary alicyclic amines) is 1. The molecular weight excluding hydrogens is 395 g/mol. The molecule has 0 aromatic heterocycles. The summed E-state index contributed by atoms with van der Waals surface area (Å²) < 4.78 is 5.97. The second-order valence-corrected chi connectivity index (χ2v) is 8.00. The van der Waals surface area contributed by atoms with E-state index in [0.717, 1.165) is 44.6 Å². The van der Waals surface area contributed by atoms with Crippen LogP contribution in [0.15, 0.2) is 48.5 Å². The number of rotatable bonds is 4. The number of hydrogen-bond donors (Lipinski definition) is 1. The zero-order chi connectivity index (χ0) is 18.7. The summed E-state index contributed by atoms with van der Waals surface area (Å²) in [6.45, 7) is 4.18. The van der Waals surface area contributed by atoms with E-state index in [1.807, 2.05) is 53.4 Å². The van der Waals surface area contributed by atoms with Crippen LogP contribution in [0, 0.1) is 5.41 Å². The lowest BCUT2D eigenvalue weighted by atomic mass is 9.78. The van der Waals surface area contributed by atoms with E-state index >= 15 is 0 Å². The van der Waals surface area contributed by atoms with E-state index < -0.39 is 0 Å². The van der Waals surface area contributed by atoms with Crippen molar-refractivity contribution in [2.45, 2.75) is 25.9 Å². The van der Waals surface area contributed by atoms with Crippen LogP contribution < -0.4 is 10.1 Å². The Balaban J connectivity index is 0.00000225. The van der Waals surface area contributed by atoms with Crippen molar-refractivity contribution in [3.8, 4) is 5.75 Å². The molecule has 0 saturated carbocycles. The fraction of sp³-hybridized carbons (Fsp3) is 0.409. The molecule has 28 heavy (non-hydrogen) atoms. The summed E-state index contributed by atoms with van der Waals surface area (Å²) in [7, 11) is 0. The van der Waals surface area contributed by atoms with Crippen LogP contribution in [0.1, 0.15) is 35.2 Å². The van der Waals surface area contributed by atoms with Crippen LogP contribution >= 0.6 is 24.0 Å². The van der Waals surface area contributed by atoms with E-state index in [2.05, 4.69) is 5.32 Å². The molecule has 2 aliphatic heterocycles. The molecule has 0 aliphatic carbocycles. The molecule has 2 saturated heterocycles. The van der Waals surface area contributed by atoms with Gasteiger partial charge in [0.05, 0.1) is 5.56 Å². The molecule has 6 heteroatoms. The summed E-state index contributed by atoms with van der Waals surface area (Å²) in [5.74, 6) is 0.677. The van der Waals surface area contributed by atoms with Gasteiger partial charge in [0, 0.05) is 30.2 Å². The number of benzene rings is 2. The monoisotopic (exact) mass is 420 g/mol. The number of nitrogens with zero attached hydrogens (tertiary/aromatic N) is 1. The van der Waals surface area contributed by atoms with Gasteiger partial charge in [-0.1, -0.05) is 41.9 Å². The van der Waals surface area contributed by atoms with Crippen LogP contribution in [0.3, 0.4) is 0 Å². The number of para-hydroxylation sites is 1. The SMILES string of the molecule is Cl.O=C(c1ccccc1OCc1ccccc1Cl)N1CCC2(CCNC2)CC1. The quantitative estimate of drug-likeness (QED) is 0.787. The molecule has 2 aliphatic rings. The molecule has 2 heterocycles. The van der Waals surface area contributed by atoms with Gasteiger partial charge in [-0.15, -0.1) is 12.4 Å². The van der Waals surface area contributed by atoms with E-state index in [9.17, 15) is 4.79 Å². The third kappa shape index (κ3) is 4.45. The summed E-state index contributed by atoms with van der Waals surface area (Å²) in [6.07, 6.45) is 3.38. The van der Waals surface area contributed by atoms with E-state index in [1.165, 1.54) is 6.42 Å². The second-order valence-electron chi connectivity index (χ2n) is 7.60. The molecule has 1 amide bonds. The highest BCUT2D eigenvalue weighted by atomic mass is 35.5. The minimum absolute atomic E-state index is 0.